The van der Waals surface area contributed by atoms with E-state index in [-0.39, 0.29) is 0 Å². The van der Waals surface area contributed by atoms with Gasteiger partial charge in [0.05, 0.1) is 20.7 Å². The number of hydroxylamine groups is 2. The molecule has 0 spiro atoms. The Morgan fingerprint density at radius 3 is 2.64 bits per heavy atom. The molecule has 4 heteroatoms. The van der Waals surface area contributed by atoms with Crippen LogP contribution in [-0.2, 0) is 4.84 Å². The van der Waals surface area contributed by atoms with Gasteiger partial charge in [-0.3, -0.25) is 4.84 Å². The second-order valence-electron chi connectivity index (χ2n) is 4.61. The van der Waals surface area contributed by atoms with E-state index >= 15 is 0 Å². The van der Waals surface area contributed by atoms with E-state index in [0.717, 1.165) is 30.6 Å². The van der Waals surface area contributed by atoms with Gasteiger partial charge in [-0.1, -0.05) is 0 Å². The van der Waals surface area contributed by atoms with Gasteiger partial charge < -0.3 is 4.90 Å². The second kappa shape index (κ2) is 3.22. The lowest BCUT2D eigenvalue weighted by molar-refractivity contribution is -0.754. The molecule has 80 valence electrons. The summed E-state index contributed by atoms with van der Waals surface area (Å²) in [5.74, 6) is 1.33. The largest absolute Gasteiger partial charge is 0.303 e. The number of hydrogen-bond donors (Lipinski definition) is 0. The molecule has 0 fully saturated rings. The summed E-state index contributed by atoms with van der Waals surface area (Å²) in [6.07, 6.45) is 1.16. The summed E-state index contributed by atoms with van der Waals surface area (Å²) in [5.41, 5.74) is 1.50. The van der Waals surface area contributed by atoms with Crippen LogP contribution in [-0.4, -0.2) is 62.3 Å². The third-order valence-electron chi connectivity index (χ3n) is 3.20. The lowest BCUT2D eigenvalue weighted by Crippen LogP contribution is -2.32. The summed E-state index contributed by atoms with van der Waals surface area (Å²) < 4.78 is 0.921. The van der Waals surface area contributed by atoms with Crippen LogP contribution in [0.5, 0.6) is 0 Å². The van der Waals surface area contributed by atoms with Crippen LogP contribution in [0.3, 0.4) is 0 Å². The minimum absolute atomic E-state index is 0.782. The summed E-state index contributed by atoms with van der Waals surface area (Å²) in [6, 6.07) is 0. The van der Waals surface area contributed by atoms with Crippen LogP contribution in [0.1, 0.15) is 6.42 Å². The minimum Gasteiger partial charge on any atom is -0.303 e. The number of quaternary nitrogens is 1. The summed E-state index contributed by atoms with van der Waals surface area (Å²) >= 11 is 0. The van der Waals surface area contributed by atoms with Crippen molar-refractivity contribution in [1.29, 1.82) is 0 Å². The molecule has 0 N–H and O–H groups in total. The Hall–Kier alpha value is -0.580. The van der Waals surface area contributed by atoms with Crippen LogP contribution in [0.4, 0.5) is 0 Å². The van der Waals surface area contributed by atoms with Crippen molar-refractivity contribution < 1.29 is 9.32 Å². The molecule has 0 aromatic rings. The monoisotopic (exact) mass is 198 g/mol. The fourth-order valence-corrected chi connectivity index (χ4v) is 2.19. The predicted octanol–water partition coefficient (Wildman–Crippen LogP) is 0.444. The molecule has 0 amide bonds. The van der Waals surface area contributed by atoms with Gasteiger partial charge in [0.25, 0.3) is 5.82 Å². The van der Waals surface area contributed by atoms with E-state index in [1.165, 1.54) is 11.5 Å². The Labute approximate surface area is 85.9 Å². The van der Waals surface area contributed by atoms with Crippen LogP contribution in [0.25, 0.3) is 0 Å². The molecule has 0 unspecified atom stereocenters. The molecule has 0 radical (unpaired) electrons. The van der Waals surface area contributed by atoms with Crippen LogP contribution < -0.4 is 0 Å². The zero-order valence-electron chi connectivity index (χ0n) is 9.58. The summed E-state index contributed by atoms with van der Waals surface area (Å²) in [6.45, 7) is 2.93. The van der Waals surface area contributed by atoms with Crippen molar-refractivity contribution in [2.24, 2.45) is 0 Å². The molecule has 0 aliphatic carbocycles. The summed E-state index contributed by atoms with van der Waals surface area (Å²) in [7, 11) is 8.59. The number of rotatable bonds is 0. The van der Waals surface area contributed by atoms with Gasteiger partial charge >= 0.3 is 0 Å². The zero-order chi connectivity index (χ0) is 10.3. The number of likely N-dealkylation sites (N-methyl/N-ethyl adjacent to an activating group) is 1. The highest BCUT2D eigenvalue weighted by molar-refractivity contribution is 5.15. The first-order valence-corrected chi connectivity index (χ1v) is 5.17. The molecule has 4 nitrogen and oxygen atoms in total. The highest BCUT2D eigenvalue weighted by Crippen LogP contribution is 2.42. The van der Waals surface area contributed by atoms with Crippen molar-refractivity contribution in [2.75, 3.05) is 47.9 Å². The van der Waals surface area contributed by atoms with E-state index in [9.17, 15) is 0 Å². The maximum Gasteiger partial charge on any atom is 0.290 e. The molecule has 2 aliphatic rings. The first-order valence-electron chi connectivity index (χ1n) is 5.17. The van der Waals surface area contributed by atoms with Gasteiger partial charge in [0.15, 0.2) is 5.70 Å². The SMILES string of the molecule is CN1CCON(C)C2=C(CC1)[N+]2(C)C. The van der Waals surface area contributed by atoms with Gasteiger partial charge in [-0.15, -0.1) is 0 Å². The Morgan fingerprint density at radius 1 is 1.21 bits per heavy atom. The standard InChI is InChI=1S/C10H20N3O/c1-11-6-5-9-10(13(9,3)4)12(2)14-8-7-11/h5-8H2,1-4H3/q+1. The van der Waals surface area contributed by atoms with Gasteiger partial charge in [0.2, 0.25) is 0 Å². The van der Waals surface area contributed by atoms with E-state index in [2.05, 4.69) is 26.0 Å². The Morgan fingerprint density at radius 2 is 1.93 bits per heavy atom. The van der Waals surface area contributed by atoms with Gasteiger partial charge in [0, 0.05) is 26.6 Å². The Kier molecular flexibility index (Phi) is 2.29. The smallest absolute Gasteiger partial charge is 0.290 e. The van der Waals surface area contributed by atoms with Gasteiger partial charge in [-0.25, -0.2) is 9.55 Å². The lowest BCUT2D eigenvalue weighted by Gasteiger charge is -2.21. The van der Waals surface area contributed by atoms with Crippen molar-refractivity contribution in [3.05, 3.63) is 11.5 Å². The Bertz CT molecular complexity index is 273. The van der Waals surface area contributed by atoms with Gasteiger partial charge in [-0.05, 0) is 7.05 Å². The molecule has 0 atom stereocenters. The van der Waals surface area contributed by atoms with E-state index < -0.39 is 0 Å². The number of hydrogen-bond acceptors (Lipinski definition) is 3. The van der Waals surface area contributed by atoms with Crippen molar-refractivity contribution in [3.8, 4) is 0 Å². The summed E-state index contributed by atoms with van der Waals surface area (Å²) in [4.78, 5) is 7.96. The van der Waals surface area contributed by atoms with Crippen LogP contribution in [0, 0.1) is 0 Å². The molecule has 0 aromatic heterocycles. The highest BCUT2D eigenvalue weighted by Gasteiger charge is 2.52. The third kappa shape index (κ3) is 1.54. The van der Waals surface area contributed by atoms with E-state index in [1.807, 2.05) is 12.1 Å². The highest BCUT2D eigenvalue weighted by atomic mass is 16.7. The van der Waals surface area contributed by atoms with Crippen LogP contribution >= 0.6 is 0 Å². The molecular weight excluding hydrogens is 178 g/mol. The average molecular weight is 198 g/mol. The zero-order valence-corrected chi connectivity index (χ0v) is 9.58. The number of nitrogens with zero attached hydrogens (tertiary/aromatic N) is 3. The Balaban J connectivity index is 2.09. The van der Waals surface area contributed by atoms with Crippen LogP contribution in [0.2, 0.25) is 0 Å². The normalized spacial score (nSPS) is 27.9. The fraction of sp³-hybridized carbons (Fsp3) is 0.800. The molecule has 0 saturated heterocycles. The first kappa shape index (κ1) is 9.96. The molecule has 2 aliphatic heterocycles. The molecular formula is C10H20N3O+. The van der Waals surface area contributed by atoms with E-state index in [0.29, 0.717) is 0 Å². The maximum absolute atomic E-state index is 5.64. The van der Waals surface area contributed by atoms with Crippen molar-refractivity contribution in [3.63, 3.8) is 0 Å². The molecule has 2 rings (SSSR count). The average Bonchev–Trinajstić information content (AvgIpc) is 2.60. The van der Waals surface area contributed by atoms with E-state index in [4.69, 9.17) is 4.84 Å². The lowest BCUT2D eigenvalue weighted by atomic mass is 10.3. The summed E-state index contributed by atoms with van der Waals surface area (Å²) in [5, 5.41) is 1.94. The third-order valence-corrected chi connectivity index (χ3v) is 3.20. The molecule has 2 heterocycles. The van der Waals surface area contributed by atoms with Crippen molar-refractivity contribution in [2.45, 2.75) is 6.42 Å². The first-order chi connectivity index (χ1) is 6.53. The van der Waals surface area contributed by atoms with Gasteiger partial charge in [-0.2, -0.15) is 0 Å². The maximum atomic E-state index is 5.64. The molecule has 14 heavy (non-hydrogen) atoms. The van der Waals surface area contributed by atoms with Crippen molar-refractivity contribution >= 4 is 0 Å². The fourth-order valence-electron chi connectivity index (χ4n) is 2.19. The molecule has 0 aromatic carbocycles. The second-order valence-corrected chi connectivity index (χ2v) is 4.61. The topological polar surface area (TPSA) is 15.7 Å². The quantitative estimate of drug-likeness (QED) is 0.525. The van der Waals surface area contributed by atoms with E-state index in [1.54, 1.807) is 0 Å². The molecule has 0 bridgehead atoms. The van der Waals surface area contributed by atoms with Crippen molar-refractivity contribution in [1.82, 2.24) is 9.96 Å². The molecule has 0 saturated carbocycles. The van der Waals surface area contributed by atoms with Gasteiger partial charge in [0.1, 0.15) is 0 Å². The predicted molar refractivity (Wildman–Crippen MR) is 55.0 cm³/mol. The minimum atomic E-state index is 0.782. The van der Waals surface area contributed by atoms with Crippen LogP contribution in [0.15, 0.2) is 11.5 Å².